The van der Waals surface area contributed by atoms with Crippen molar-refractivity contribution in [3.05, 3.63) is 17.7 Å². The number of carboxylic acid groups (broad SMARTS) is 1. The standard InChI is InChI=1S/C16H22O2S3/c1-19-12-9-11(10-13(20-2)14(12)21-3)16(15(17)18)7-5-4-6-8-16/h9-10H,4-8H2,1-3H3,(H,17,18). The Hall–Kier alpha value is -0.260. The molecule has 0 spiro atoms. The van der Waals surface area contributed by atoms with Crippen molar-refractivity contribution in [3.8, 4) is 0 Å². The zero-order valence-corrected chi connectivity index (χ0v) is 15.2. The highest BCUT2D eigenvalue weighted by molar-refractivity contribution is 8.03. The molecule has 2 rings (SSSR count). The summed E-state index contributed by atoms with van der Waals surface area (Å²) < 4.78 is 0. The Morgan fingerprint density at radius 2 is 1.52 bits per heavy atom. The maximum absolute atomic E-state index is 12.0. The third-order valence-electron chi connectivity index (χ3n) is 4.33. The van der Waals surface area contributed by atoms with Crippen LogP contribution in [0.5, 0.6) is 0 Å². The number of rotatable bonds is 5. The number of carbonyl (C=O) groups is 1. The van der Waals surface area contributed by atoms with E-state index < -0.39 is 11.4 Å². The SMILES string of the molecule is CSc1cc(C2(C(=O)O)CCCCC2)cc(SC)c1SC. The van der Waals surface area contributed by atoms with Crippen LogP contribution in [-0.4, -0.2) is 29.8 Å². The quantitative estimate of drug-likeness (QED) is 0.750. The number of thioether (sulfide) groups is 3. The van der Waals surface area contributed by atoms with Gasteiger partial charge < -0.3 is 5.11 Å². The summed E-state index contributed by atoms with van der Waals surface area (Å²) in [6.07, 6.45) is 10.9. The largest absolute Gasteiger partial charge is 0.481 e. The van der Waals surface area contributed by atoms with Gasteiger partial charge in [-0.15, -0.1) is 35.3 Å². The summed E-state index contributed by atoms with van der Waals surface area (Å²) in [5.74, 6) is -0.654. The van der Waals surface area contributed by atoms with Gasteiger partial charge in [0, 0.05) is 14.7 Å². The van der Waals surface area contributed by atoms with Crippen LogP contribution in [0.3, 0.4) is 0 Å². The van der Waals surface area contributed by atoms with Crippen LogP contribution in [0.15, 0.2) is 26.8 Å². The van der Waals surface area contributed by atoms with Crippen molar-refractivity contribution in [2.75, 3.05) is 18.8 Å². The lowest BCUT2D eigenvalue weighted by atomic mass is 9.69. The molecule has 21 heavy (non-hydrogen) atoms. The Kier molecular flexibility index (Phi) is 5.97. The molecule has 0 amide bonds. The van der Waals surface area contributed by atoms with Crippen molar-refractivity contribution in [2.24, 2.45) is 0 Å². The Bertz CT molecular complexity index is 497. The Balaban J connectivity index is 2.58. The molecule has 1 saturated carbocycles. The third-order valence-corrected chi connectivity index (χ3v) is 6.96. The number of carboxylic acids is 1. The van der Waals surface area contributed by atoms with Gasteiger partial charge in [-0.2, -0.15) is 0 Å². The summed E-state index contributed by atoms with van der Waals surface area (Å²) in [6, 6.07) is 4.24. The number of aliphatic carboxylic acids is 1. The molecule has 2 nitrogen and oxygen atoms in total. The van der Waals surface area contributed by atoms with Crippen LogP contribution in [-0.2, 0) is 10.2 Å². The van der Waals surface area contributed by atoms with E-state index in [1.54, 1.807) is 35.3 Å². The highest BCUT2D eigenvalue weighted by atomic mass is 32.2. The van der Waals surface area contributed by atoms with Crippen molar-refractivity contribution in [2.45, 2.75) is 52.2 Å². The van der Waals surface area contributed by atoms with Gasteiger partial charge in [0.05, 0.1) is 5.41 Å². The van der Waals surface area contributed by atoms with Crippen molar-refractivity contribution < 1.29 is 9.90 Å². The van der Waals surface area contributed by atoms with E-state index in [1.165, 1.54) is 14.7 Å². The predicted molar refractivity (Wildman–Crippen MR) is 94.2 cm³/mol. The average molecular weight is 343 g/mol. The molecule has 1 aliphatic carbocycles. The minimum absolute atomic E-state index is 0.654. The lowest BCUT2D eigenvalue weighted by Gasteiger charge is -2.34. The molecule has 0 heterocycles. The zero-order chi connectivity index (χ0) is 15.5. The molecule has 1 N–H and O–H groups in total. The summed E-state index contributed by atoms with van der Waals surface area (Å²) in [4.78, 5) is 15.7. The molecule has 1 fully saturated rings. The Morgan fingerprint density at radius 1 is 1.00 bits per heavy atom. The molecule has 5 heteroatoms. The number of hydrogen-bond acceptors (Lipinski definition) is 4. The molecule has 1 aromatic carbocycles. The van der Waals surface area contributed by atoms with Crippen LogP contribution in [0, 0.1) is 0 Å². The van der Waals surface area contributed by atoms with Gasteiger partial charge in [0.25, 0.3) is 0 Å². The molecule has 0 radical (unpaired) electrons. The molecule has 0 atom stereocenters. The van der Waals surface area contributed by atoms with Crippen LogP contribution in [0.25, 0.3) is 0 Å². The summed E-state index contributed by atoms with van der Waals surface area (Å²) in [6.45, 7) is 0. The fourth-order valence-corrected chi connectivity index (χ4v) is 5.80. The Morgan fingerprint density at radius 3 is 1.90 bits per heavy atom. The first-order chi connectivity index (χ1) is 10.1. The highest BCUT2D eigenvalue weighted by Gasteiger charge is 2.41. The molecular weight excluding hydrogens is 320 g/mol. The van der Waals surface area contributed by atoms with Gasteiger partial charge in [-0.25, -0.2) is 0 Å². The topological polar surface area (TPSA) is 37.3 Å². The van der Waals surface area contributed by atoms with Gasteiger partial charge in [0.1, 0.15) is 0 Å². The van der Waals surface area contributed by atoms with Gasteiger partial charge in [-0.1, -0.05) is 19.3 Å². The number of hydrogen-bond donors (Lipinski definition) is 1. The van der Waals surface area contributed by atoms with E-state index in [0.717, 1.165) is 37.7 Å². The monoisotopic (exact) mass is 342 g/mol. The smallest absolute Gasteiger partial charge is 0.314 e. The van der Waals surface area contributed by atoms with Crippen LogP contribution in [0.2, 0.25) is 0 Å². The van der Waals surface area contributed by atoms with Crippen molar-refractivity contribution in [1.29, 1.82) is 0 Å². The molecule has 1 aromatic rings. The first-order valence-corrected chi connectivity index (χ1v) is 10.8. The van der Waals surface area contributed by atoms with Crippen LogP contribution >= 0.6 is 35.3 Å². The second-order valence-electron chi connectivity index (χ2n) is 5.36. The predicted octanol–water partition coefficient (Wildman–Crippen LogP) is 5.14. The molecule has 1 aliphatic rings. The van der Waals surface area contributed by atoms with Gasteiger partial charge in [-0.05, 0) is 49.3 Å². The van der Waals surface area contributed by atoms with E-state index in [4.69, 9.17) is 0 Å². The normalized spacial score (nSPS) is 17.7. The molecule has 0 aromatic heterocycles. The minimum atomic E-state index is -0.676. The highest BCUT2D eigenvalue weighted by Crippen LogP contribution is 2.45. The molecule has 0 unspecified atom stereocenters. The van der Waals surface area contributed by atoms with Crippen molar-refractivity contribution in [1.82, 2.24) is 0 Å². The molecule has 0 aliphatic heterocycles. The van der Waals surface area contributed by atoms with E-state index >= 15 is 0 Å². The number of benzene rings is 1. The second kappa shape index (κ2) is 7.34. The van der Waals surface area contributed by atoms with Crippen molar-refractivity contribution >= 4 is 41.3 Å². The Labute approximate surface area is 139 Å². The maximum atomic E-state index is 12.0. The van der Waals surface area contributed by atoms with E-state index in [1.807, 2.05) is 0 Å². The van der Waals surface area contributed by atoms with Crippen LogP contribution < -0.4 is 0 Å². The van der Waals surface area contributed by atoms with E-state index in [0.29, 0.717) is 0 Å². The van der Waals surface area contributed by atoms with Gasteiger partial charge in [0.2, 0.25) is 0 Å². The molecule has 116 valence electrons. The van der Waals surface area contributed by atoms with Gasteiger partial charge in [0.15, 0.2) is 0 Å². The van der Waals surface area contributed by atoms with Crippen molar-refractivity contribution in [3.63, 3.8) is 0 Å². The van der Waals surface area contributed by atoms with E-state index in [2.05, 4.69) is 30.9 Å². The summed E-state index contributed by atoms with van der Waals surface area (Å²) in [7, 11) is 0. The average Bonchev–Trinajstić information content (AvgIpc) is 2.53. The van der Waals surface area contributed by atoms with Crippen LogP contribution in [0.1, 0.15) is 37.7 Å². The minimum Gasteiger partial charge on any atom is -0.481 e. The molecule has 0 saturated heterocycles. The first kappa shape index (κ1) is 17.1. The lowest BCUT2D eigenvalue weighted by molar-refractivity contribution is -0.145. The summed E-state index contributed by atoms with van der Waals surface area (Å²) in [5, 5.41) is 9.88. The van der Waals surface area contributed by atoms with Gasteiger partial charge >= 0.3 is 5.97 Å². The molecular formula is C16H22O2S3. The van der Waals surface area contributed by atoms with Crippen LogP contribution in [0.4, 0.5) is 0 Å². The fraction of sp³-hybridized carbons (Fsp3) is 0.562. The zero-order valence-electron chi connectivity index (χ0n) is 12.8. The van der Waals surface area contributed by atoms with E-state index in [-0.39, 0.29) is 0 Å². The first-order valence-electron chi connectivity index (χ1n) is 7.13. The van der Waals surface area contributed by atoms with Gasteiger partial charge in [-0.3, -0.25) is 4.79 Å². The molecule has 0 bridgehead atoms. The summed E-state index contributed by atoms with van der Waals surface area (Å²) >= 11 is 5.17. The second-order valence-corrected chi connectivity index (χ2v) is 7.87. The fourth-order valence-electron chi connectivity index (χ4n) is 3.14. The summed E-state index contributed by atoms with van der Waals surface area (Å²) in [5.41, 5.74) is 0.325. The maximum Gasteiger partial charge on any atom is 0.314 e. The third kappa shape index (κ3) is 3.25. The van der Waals surface area contributed by atoms with E-state index in [9.17, 15) is 9.90 Å². The lowest BCUT2D eigenvalue weighted by Crippen LogP contribution is -2.37.